The van der Waals surface area contributed by atoms with Gasteiger partial charge >= 0.3 is 0 Å². The molecule has 0 saturated carbocycles. The molecule has 0 spiro atoms. The van der Waals surface area contributed by atoms with E-state index in [1.54, 1.807) is 0 Å². The smallest absolute Gasteiger partial charge is 0.226 e. The largest absolute Gasteiger partial charge is 0.311 e. The van der Waals surface area contributed by atoms with E-state index in [-0.39, 0.29) is 5.91 Å². The van der Waals surface area contributed by atoms with Gasteiger partial charge in [-0.2, -0.15) is 0 Å². The summed E-state index contributed by atoms with van der Waals surface area (Å²) in [5.41, 5.74) is 3.20. The summed E-state index contributed by atoms with van der Waals surface area (Å²) in [4.78, 5) is 18.0. The van der Waals surface area contributed by atoms with E-state index >= 15 is 0 Å². The summed E-state index contributed by atoms with van der Waals surface area (Å²) in [5, 5.41) is 0. The van der Waals surface area contributed by atoms with Crippen LogP contribution < -0.4 is 4.90 Å². The molecule has 0 saturated heterocycles. The molecule has 15 heavy (non-hydrogen) atoms. The van der Waals surface area contributed by atoms with Gasteiger partial charge in [0.2, 0.25) is 5.91 Å². The number of anilines is 1. The van der Waals surface area contributed by atoms with E-state index in [0.717, 1.165) is 36.3 Å². The molecule has 0 radical (unpaired) electrons. The number of hydrogen-bond donors (Lipinski definition) is 0. The van der Waals surface area contributed by atoms with Gasteiger partial charge in [-0.05, 0) is 31.4 Å². The van der Waals surface area contributed by atoms with E-state index in [4.69, 9.17) is 0 Å². The summed E-state index contributed by atoms with van der Waals surface area (Å²) in [6.07, 6.45) is 4.45. The Morgan fingerprint density at radius 2 is 2.40 bits per heavy atom. The number of hydrogen-bond acceptors (Lipinski definition) is 2. The number of aryl methyl sites for hydroxylation is 2. The molecule has 1 aromatic rings. The van der Waals surface area contributed by atoms with Gasteiger partial charge in [0.25, 0.3) is 0 Å². The maximum absolute atomic E-state index is 11.7. The van der Waals surface area contributed by atoms with Gasteiger partial charge in [-0.3, -0.25) is 9.78 Å². The van der Waals surface area contributed by atoms with E-state index in [9.17, 15) is 4.79 Å². The van der Waals surface area contributed by atoms with Crippen LogP contribution in [-0.4, -0.2) is 17.4 Å². The standard InChI is InChI=1S/C12H16N2O/c1-3-12(15)14-6-4-5-10-11(14)7-9(2)8-13-10/h7-8H,3-6H2,1-2H3. The van der Waals surface area contributed by atoms with Crippen molar-refractivity contribution < 1.29 is 4.79 Å². The first-order valence-electron chi connectivity index (χ1n) is 5.48. The molecule has 3 heteroatoms. The lowest BCUT2D eigenvalue weighted by atomic mass is 10.1. The van der Waals surface area contributed by atoms with Crippen molar-refractivity contribution in [2.75, 3.05) is 11.4 Å². The first-order valence-corrected chi connectivity index (χ1v) is 5.48. The molecule has 0 atom stereocenters. The Bertz CT molecular complexity index is 387. The second kappa shape index (κ2) is 4.01. The molecule has 3 nitrogen and oxygen atoms in total. The predicted molar refractivity (Wildman–Crippen MR) is 59.9 cm³/mol. The molecule has 0 bridgehead atoms. The minimum atomic E-state index is 0.198. The zero-order chi connectivity index (χ0) is 10.8. The van der Waals surface area contributed by atoms with Crippen molar-refractivity contribution in [3.8, 4) is 0 Å². The van der Waals surface area contributed by atoms with E-state index in [2.05, 4.69) is 11.1 Å². The number of carbonyl (C=O) groups excluding carboxylic acids is 1. The van der Waals surface area contributed by atoms with Gasteiger partial charge in [-0.1, -0.05) is 6.92 Å². The first kappa shape index (κ1) is 10.1. The number of amides is 1. The van der Waals surface area contributed by atoms with Crippen LogP contribution in [0.25, 0.3) is 0 Å². The fourth-order valence-corrected chi connectivity index (χ4v) is 1.98. The zero-order valence-electron chi connectivity index (χ0n) is 9.29. The maximum Gasteiger partial charge on any atom is 0.226 e. The van der Waals surface area contributed by atoms with Gasteiger partial charge in [0.05, 0.1) is 11.4 Å². The van der Waals surface area contributed by atoms with Gasteiger partial charge in [0.15, 0.2) is 0 Å². The zero-order valence-corrected chi connectivity index (χ0v) is 9.29. The van der Waals surface area contributed by atoms with Gasteiger partial charge in [0.1, 0.15) is 0 Å². The minimum absolute atomic E-state index is 0.198. The Hall–Kier alpha value is -1.38. The summed E-state index contributed by atoms with van der Waals surface area (Å²) >= 11 is 0. The van der Waals surface area contributed by atoms with Gasteiger partial charge in [-0.25, -0.2) is 0 Å². The second-order valence-electron chi connectivity index (χ2n) is 3.98. The van der Waals surface area contributed by atoms with Crippen LogP contribution in [0.3, 0.4) is 0 Å². The Morgan fingerprint density at radius 1 is 1.60 bits per heavy atom. The number of aromatic nitrogens is 1. The lowest BCUT2D eigenvalue weighted by Crippen LogP contribution is -2.35. The SMILES string of the molecule is CCC(=O)N1CCCc2ncc(C)cc21. The number of carbonyl (C=O) groups is 1. The average Bonchev–Trinajstić information content (AvgIpc) is 2.27. The van der Waals surface area contributed by atoms with Crippen LogP contribution in [0.15, 0.2) is 12.3 Å². The summed E-state index contributed by atoms with van der Waals surface area (Å²) in [6, 6.07) is 2.06. The number of rotatable bonds is 1. The van der Waals surface area contributed by atoms with Crippen molar-refractivity contribution in [1.29, 1.82) is 0 Å². The number of pyridine rings is 1. The molecule has 2 rings (SSSR count). The maximum atomic E-state index is 11.7. The highest BCUT2D eigenvalue weighted by Gasteiger charge is 2.21. The quantitative estimate of drug-likeness (QED) is 0.701. The topological polar surface area (TPSA) is 33.2 Å². The van der Waals surface area contributed by atoms with E-state index in [0.29, 0.717) is 6.42 Å². The lowest BCUT2D eigenvalue weighted by Gasteiger charge is -2.28. The number of fused-ring (bicyclic) bond motifs is 1. The van der Waals surface area contributed by atoms with Crippen molar-refractivity contribution in [1.82, 2.24) is 4.98 Å². The fourth-order valence-electron chi connectivity index (χ4n) is 1.98. The van der Waals surface area contributed by atoms with Crippen LogP contribution in [0, 0.1) is 6.92 Å². The van der Waals surface area contributed by atoms with Crippen molar-refractivity contribution in [3.63, 3.8) is 0 Å². The molecule has 1 aliphatic rings. The second-order valence-corrected chi connectivity index (χ2v) is 3.98. The van der Waals surface area contributed by atoms with Crippen molar-refractivity contribution in [2.24, 2.45) is 0 Å². The van der Waals surface area contributed by atoms with Crippen LogP contribution >= 0.6 is 0 Å². The Labute approximate surface area is 90.1 Å². The van der Waals surface area contributed by atoms with Crippen molar-refractivity contribution in [3.05, 3.63) is 23.5 Å². The van der Waals surface area contributed by atoms with Crippen LogP contribution in [0.4, 0.5) is 5.69 Å². The van der Waals surface area contributed by atoms with E-state index in [1.165, 1.54) is 0 Å². The van der Waals surface area contributed by atoms with Gasteiger partial charge in [0, 0.05) is 19.2 Å². The molecule has 0 fully saturated rings. The van der Waals surface area contributed by atoms with Crippen molar-refractivity contribution >= 4 is 11.6 Å². The summed E-state index contributed by atoms with van der Waals surface area (Å²) in [7, 11) is 0. The summed E-state index contributed by atoms with van der Waals surface area (Å²) in [5.74, 6) is 0.198. The Balaban J connectivity index is 2.40. The van der Waals surface area contributed by atoms with Crippen LogP contribution in [-0.2, 0) is 11.2 Å². The van der Waals surface area contributed by atoms with Crippen LogP contribution in [0.1, 0.15) is 31.0 Å². The third-order valence-corrected chi connectivity index (χ3v) is 2.77. The third kappa shape index (κ3) is 1.87. The molecule has 0 unspecified atom stereocenters. The molecule has 0 aromatic carbocycles. The normalized spacial score (nSPS) is 14.9. The fraction of sp³-hybridized carbons (Fsp3) is 0.500. The first-order chi connectivity index (χ1) is 7.22. The number of nitrogens with zero attached hydrogens (tertiary/aromatic N) is 2. The molecule has 1 aliphatic heterocycles. The molecule has 0 N–H and O–H groups in total. The monoisotopic (exact) mass is 204 g/mol. The molecular weight excluding hydrogens is 188 g/mol. The predicted octanol–water partition coefficient (Wildman–Crippen LogP) is 2.08. The van der Waals surface area contributed by atoms with Crippen LogP contribution in [0.2, 0.25) is 0 Å². The van der Waals surface area contributed by atoms with E-state index < -0.39 is 0 Å². The molecule has 1 aromatic heterocycles. The lowest BCUT2D eigenvalue weighted by molar-refractivity contribution is -0.118. The Morgan fingerprint density at radius 3 is 3.13 bits per heavy atom. The summed E-state index contributed by atoms with van der Waals surface area (Å²) in [6.45, 7) is 4.75. The molecule has 1 amide bonds. The average molecular weight is 204 g/mol. The van der Waals surface area contributed by atoms with Crippen molar-refractivity contribution in [2.45, 2.75) is 33.1 Å². The van der Waals surface area contributed by atoms with E-state index in [1.807, 2.05) is 24.9 Å². The molecular formula is C12H16N2O. The Kier molecular flexibility index (Phi) is 2.71. The summed E-state index contributed by atoms with van der Waals surface area (Å²) < 4.78 is 0. The van der Waals surface area contributed by atoms with Crippen LogP contribution in [0.5, 0.6) is 0 Å². The van der Waals surface area contributed by atoms with Gasteiger partial charge < -0.3 is 4.90 Å². The molecule has 80 valence electrons. The molecule has 2 heterocycles. The highest BCUT2D eigenvalue weighted by molar-refractivity contribution is 5.94. The molecule has 0 aliphatic carbocycles. The third-order valence-electron chi connectivity index (χ3n) is 2.77. The minimum Gasteiger partial charge on any atom is -0.311 e. The highest BCUT2D eigenvalue weighted by Crippen LogP contribution is 2.26. The highest BCUT2D eigenvalue weighted by atomic mass is 16.2. The van der Waals surface area contributed by atoms with Gasteiger partial charge in [-0.15, -0.1) is 0 Å².